The minimum Gasteiger partial charge on any atom is -0.352 e. The van der Waals surface area contributed by atoms with E-state index in [1.54, 1.807) is 31.2 Å². The third-order valence-electron chi connectivity index (χ3n) is 4.24. The van der Waals surface area contributed by atoms with E-state index < -0.39 is 6.04 Å². The maximum Gasteiger partial charge on any atom is 0.242 e. The number of carbonyl (C=O) groups is 2. The highest BCUT2D eigenvalue weighted by atomic mass is 35.5. The van der Waals surface area contributed by atoms with Gasteiger partial charge in [-0.15, -0.1) is 0 Å². The topological polar surface area (TPSA) is 49.4 Å². The molecule has 0 aliphatic carbocycles. The number of rotatable bonds is 7. The number of hydrogen-bond acceptors (Lipinski definition) is 2. The lowest BCUT2D eigenvalue weighted by Crippen LogP contribution is -2.49. The van der Waals surface area contributed by atoms with E-state index in [-0.39, 0.29) is 30.8 Å². The Morgan fingerprint density at radius 2 is 1.64 bits per heavy atom. The normalized spacial score (nSPS) is 12.0. The molecule has 2 rings (SSSR count). The lowest BCUT2D eigenvalue weighted by molar-refractivity contribution is -0.140. The van der Waals surface area contributed by atoms with Crippen molar-refractivity contribution in [2.24, 2.45) is 0 Å². The first kappa shape index (κ1) is 22.5. The van der Waals surface area contributed by atoms with Crippen molar-refractivity contribution >= 4 is 46.6 Å². The molecule has 2 amide bonds. The summed E-state index contributed by atoms with van der Waals surface area (Å²) in [4.78, 5) is 27.2. The highest BCUT2D eigenvalue weighted by Gasteiger charge is 2.27. The minimum atomic E-state index is -0.658. The molecule has 1 atom stereocenters. The van der Waals surface area contributed by atoms with Crippen LogP contribution >= 0.6 is 34.8 Å². The second-order valence-electron chi connectivity index (χ2n) is 6.88. The molecular weight excluding hydrogens is 419 g/mol. The Hall–Kier alpha value is -1.75. The van der Waals surface area contributed by atoms with Crippen LogP contribution in [0.4, 0.5) is 0 Å². The lowest BCUT2D eigenvalue weighted by atomic mass is 10.1. The molecule has 0 bridgehead atoms. The number of nitrogens with zero attached hydrogens (tertiary/aromatic N) is 1. The molecule has 0 aliphatic rings. The molecule has 0 spiro atoms. The van der Waals surface area contributed by atoms with Gasteiger partial charge in [-0.3, -0.25) is 9.59 Å². The van der Waals surface area contributed by atoms with Crippen LogP contribution in [0.1, 0.15) is 31.9 Å². The molecule has 0 saturated heterocycles. The summed E-state index contributed by atoms with van der Waals surface area (Å²) >= 11 is 18.3. The summed E-state index contributed by atoms with van der Waals surface area (Å²) in [5.74, 6) is -0.422. The Kier molecular flexibility index (Phi) is 8.17. The van der Waals surface area contributed by atoms with Crippen molar-refractivity contribution in [3.63, 3.8) is 0 Å². The van der Waals surface area contributed by atoms with E-state index in [0.29, 0.717) is 15.1 Å². The largest absolute Gasteiger partial charge is 0.352 e. The van der Waals surface area contributed by atoms with Crippen LogP contribution in [0.5, 0.6) is 0 Å². The van der Waals surface area contributed by atoms with Gasteiger partial charge in [-0.05, 0) is 50.1 Å². The summed E-state index contributed by atoms with van der Waals surface area (Å²) in [6, 6.07) is 11.7. The van der Waals surface area contributed by atoms with Gasteiger partial charge in [-0.25, -0.2) is 0 Å². The highest BCUT2D eigenvalue weighted by molar-refractivity contribution is 6.42. The summed E-state index contributed by atoms with van der Waals surface area (Å²) in [5.41, 5.74) is 1.50. The maximum atomic E-state index is 13.1. The van der Waals surface area contributed by atoms with E-state index in [9.17, 15) is 9.59 Å². The van der Waals surface area contributed by atoms with Gasteiger partial charge >= 0.3 is 0 Å². The average Bonchev–Trinajstić information content (AvgIpc) is 2.63. The van der Waals surface area contributed by atoms with Crippen molar-refractivity contribution < 1.29 is 9.59 Å². The zero-order chi connectivity index (χ0) is 20.8. The van der Waals surface area contributed by atoms with Crippen molar-refractivity contribution in [3.8, 4) is 0 Å². The van der Waals surface area contributed by atoms with Crippen LogP contribution in [-0.2, 0) is 22.6 Å². The number of carbonyl (C=O) groups excluding carboxylic acids is 2. The summed E-state index contributed by atoms with van der Waals surface area (Å²) in [6.07, 6.45) is 0.0979. The van der Waals surface area contributed by atoms with Crippen molar-refractivity contribution in [3.05, 3.63) is 68.7 Å². The first-order valence-electron chi connectivity index (χ1n) is 8.96. The molecule has 0 unspecified atom stereocenters. The third kappa shape index (κ3) is 6.13. The molecule has 2 aromatic rings. The van der Waals surface area contributed by atoms with Gasteiger partial charge in [0, 0.05) is 17.6 Å². The summed E-state index contributed by atoms with van der Waals surface area (Å²) in [5, 5.41) is 4.21. The second-order valence-corrected chi connectivity index (χ2v) is 8.10. The fourth-order valence-electron chi connectivity index (χ4n) is 2.72. The van der Waals surface area contributed by atoms with Crippen molar-refractivity contribution in [1.82, 2.24) is 10.2 Å². The monoisotopic (exact) mass is 440 g/mol. The van der Waals surface area contributed by atoms with Crippen LogP contribution in [0.3, 0.4) is 0 Å². The molecule has 2 aromatic carbocycles. The van der Waals surface area contributed by atoms with E-state index in [1.807, 2.05) is 32.0 Å². The smallest absolute Gasteiger partial charge is 0.242 e. The van der Waals surface area contributed by atoms with Crippen LogP contribution < -0.4 is 5.32 Å². The number of benzene rings is 2. The van der Waals surface area contributed by atoms with E-state index in [4.69, 9.17) is 34.8 Å². The Balaban J connectivity index is 2.27. The lowest BCUT2D eigenvalue weighted by Gasteiger charge is -2.29. The molecule has 150 valence electrons. The summed E-state index contributed by atoms with van der Waals surface area (Å²) in [7, 11) is 0. The predicted octanol–water partition coefficient (Wildman–Crippen LogP) is 5.13. The Morgan fingerprint density at radius 1 is 0.964 bits per heavy atom. The molecular formula is C21H23Cl3N2O2. The molecule has 28 heavy (non-hydrogen) atoms. The van der Waals surface area contributed by atoms with Gasteiger partial charge in [0.2, 0.25) is 11.8 Å². The quantitative estimate of drug-likeness (QED) is 0.647. The van der Waals surface area contributed by atoms with Gasteiger partial charge in [0.1, 0.15) is 6.04 Å². The number of nitrogens with one attached hydrogen (secondary N) is 1. The van der Waals surface area contributed by atoms with E-state index >= 15 is 0 Å². The molecule has 0 aliphatic heterocycles. The molecule has 0 heterocycles. The number of halogens is 3. The van der Waals surface area contributed by atoms with Gasteiger partial charge in [-0.2, -0.15) is 0 Å². The van der Waals surface area contributed by atoms with E-state index in [0.717, 1.165) is 11.1 Å². The second kappa shape index (κ2) is 10.1. The Bertz CT molecular complexity index is 855. The van der Waals surface area contributed by atoms with Crippen LogP contribution in [-0.4, -0.2) is 28.8 Å². The Labute approximate surface area is 180 Å². The van der Waals surface area contributed by atoms with Crippen LogP contribution in [0, 0.1) is 0 Å². The van der Waals surface area contributed by atoms with Crippen LogP contribution in [0.2, 0.25) is 15.1 Å². The molecule has 0 radical (unpaired) electrons. The van der Waals surface area contributed by atoms with Gasteiger partial charge in [0.15, 0.2) is 0 Å². The molecule has 0 saturated carbocycles. The van der Waals surface area contributed by atoms with Crippen molar-refractivity contribution in [2.75, 3.05) is 0 Å². The first-order chi connectivity index (χ1) is 13.2. The molecule has 0 aromatic heterocycles. The van der Waals surface area contributed by atoms with E-state index in [2.05, 4.69) is 5.32 Å². The zero-order valence-electron chi connectivity index (χ0n) is 16.0. The summed E-state index contributed by atoms with van der Waals surface area (Å²) < 4.78 is 0. The number of amides is 2. The fourth-order valence-corrected chi connectivity index (χ4v) is 3.24. The van der Waals surface area contributed by atoms with E-state index in [1.165, 1.54) is 4.90 Å². The number of hydrogen-bond donors (Lipinski definition) is 1. The standard InChI is InChI=1S/C21H23Cl3N2O2/c1-13(2)25-21(28)14(3)26(12-16-6-4-5-7-17(16)22)20(27)11-15-8-9-18(23)19(24)10-15/h4-10,13-14H,11-12H2,1-3H3,(H,25,28)/t14-/m1/s1. The van der Waals surface area contributed by atoms with Crippen LogP contribution in [0.15, 0.2) is 42.5 Å². The maximum absolute atomic E-state index is 13.1. The zero-order valence-corrected chi connectivity index (χ0v) is 18.3. The van der Waals surface area contributed by atoms with Gasteiger partial charge < -0.3 is 10.2 Å². The molecule has 0 fully saturated rings. The fraction of sp³-hybridized carbons (Fsp3) is 0.333. The van der Waals surface area contributed by atoms with Gasteiger partial charge in [-0.1, -0.05) is 59.1 Å². The highest BCUT2D eigenvalue weighted by Crippen LogP contribution is 2.24. The summed E-state index contributed by atoms with van der Waals surface area (Å²) in [6.45, 7) is 5.69. The van der Waals surface area contributed by atoms with Crippen LogP contribution in [0.25, 0.3) is 0 Å². The van der Waals surface area contributed by atoms with Gasteiger partial charge in [0.05, 0.1) is 16.5 Å². The van der Waals surface area contributed by atoms with Crippen molar-refractivity contribution in [1.29, 1.82) is 0 Å². The Morgan fingerprint density at radius 3 is 2.25 bits per heavy atom. The first-order valence-corrected chi connectivity index (χ1v) is 10.1. The average molecular weight is 442 g/mol. The molecule has 7 heteroatoms. The molecule has 1 N–H and O–H groups in total. The minimum absolute atomic E-state index is 0.0257. The van der Waals surface area contributed by atoms with Gasteiger partial charge in [0.25, 0.3) is 0 Å². The van der Waals surface area contributed by atoms with Crippen molar-refractivity contribution in [2.45, 2.75) is 45.8 Å². The third-order valence-corrected chi connectivity index (χ3v) is 5.34. The predicted molar refractivity (Wildman–Crippen MR) is 115 cm³/mol. The molecule has 4 nitrogen and oxygen atoms in total. The SMILES string of the molecule is CC(C)NC(=O)[C@@H](C)N(Cc1ccccc1Cl)C(=O)Cc1ccc(Cl)c(Cl)c1.